The average Bonchev–Trinajstić information content (AvgIpc) is 2.48. The highest BCUT2D eigenvalue weighted by molar-refractivity contribution is 8.00. The maximum absolute atomic E-state index is 13.6. The molecular weight excluding hydrogens is 275 g/mol. The van der Waals surface area contributed by atoms with Crippen molar-refractivity contribution < 1.29 is 9.18 Å². The van der Waals surface area contributed by atoms with Crippen molar-refractivity contribution in [3.05, 3.63) is 59.9 Å². The van der Waals surface area contributed by atoms with E-state index in [4.69, 9.17) is 5.26 Å². The van der Waals surface area contributed by atoms with E-state index in [1.807, 2.05) is 36.4 Å². The molecule has 2 aromatic carbocycles. The summed E-state index contributed by atoms with van der Waals surface area (Å²) in [7, 11) is 0. The molecule has 100 valence electrons. The van der Waals surface area contributed by atoms with Crippen molar-refractivity contribution in [2.75, 3.05) is 11.1 Å². The van der Waals surface area contributed by atoms with Gasteiger partial charge in [0.2, 0.25) is 5.91 Å². The van der Waals surface area contributed by atoms with Gasteiger partial charge in [-0.15, -0.1) is 11.8 Å². The summed E-state index contributed by atoms with van der Waals surface area (Å²) in [6, 6.07) is 15.3. The van der Waals surface area contributed by atoms with Gasteiger partial charge in [0.05, 0.1) is 23.1 Å². The molecule has 0 bridgehead atoms. The van der Waals surface area contributed by atoms with Crippen LogP contribution in [0.15, 0.2) is 53.4 Å². The van der Waals surface area contributed by atoms with Crippen molar-refractivity contribution in [1.29, 1.82) is 5.26 Å². The summed E-state index contributed by atoms with van der Waals surface area (Å²) in [5, 5.41) is 11.1. The Morgan fingerprint density at radius 1 is 1.25 bits per heavy atom. The van der Waals surface area contributed by atoms with E-state index in [2.05, 4.69) is 5.32 Å². The summed E-state index contributed by atoms with van der Waals surface area (Å²) in [5.41, 5.74) is 0.307. The summed E-state index contributed by atoms with van der Waals surface area (Å²) in [4.78, 5) is 12.7. The van der Waals surface area contributed by atoms with Crippen LogP contribution in [0, 0.1) is 17.1 Å². The van der Waals surface area contributed by atoms with Crippen LogP contribution in [0.25, 0.3) is 0 Å². The molecule has 3 nitrogen and oxygen atoms in total. The maximum Gasteiger partial charge on any atom is 0.234 e. The largest absolute Gasteiger partial charge is 0.323 e. The fraction of sp³-hybridized carbons (Fsp3) is 0.0667. The second-order valence-electron chi connectivity index (χ2n) is 3.96. The summed E-state index contributed by atoms with van der Waals surface area (Å²) in [6.45, 7) is 0. The molecule has 0 aliphatic carbocycles. The Kier molecular flexibility index (Phi) is 4.75. The third kappa shape index (κ3) is 3.84. The third-order valence-electron chi connectivity index (χ3n) is 2.49. The van der Waals surface area contributed by atoms with Gasteiger partial charge in [0.1, 0.15) is 5.82 Å². The molecule has 0 saturated heterocycles. The van der Waals surface area contributed by atoms with Crippen LogP contribution in [-0.2, 0) is 4.79 Å². The van der Waals surface area contributed by atoms with Gasteiger partial charge in [0.15, 0.2) is 0 Å². The average molecular weight is 286 g/mol. The summed E-state index contributed by atoms with van der Waals surface area (Å²) < 4.78 is 13.6. The Balaban J connectivity index is 1.93. The Hall–Kier alpha value is -2.32. The van der Waals surface area contributed by atoms with Crippen LogP contribution in [-0.4, -0.2) is 11.7 Å². The van der Waals surface area contributed by atoms with Gasteiger partial charge in [-0.25, -0.2) is 4.39 Å². The molecule has 2 aromatic rings. The molecule has 0 fully saturated rings. The van der Waals surface area contributed by atoms with Crippen LogP contribution < -0.4 is 5.32 Å². The van der Waals surface area contributed by atoms with Gasteiger partial charge < -0.3 is 5.32 Å². The van der Waals surface area contributed by atoms with Crippen molar-refractivity contribution >= 4 is 23.4 Å². The summed E-state index contributed by atoms with van der Waals surface area (Å²) >= 11 is 1.37. The van der Waals surface area contributed by atoms with Gasteiger partial charge >= 0.3 is 0 Å². The minimum absolute atomic E-state index is 0.0858. The first-order valence-electron chi connectivity index (χ1n) is 5.86. The highest BCUT2D eigenvalue weighted by Crippen LogP contribution is 2.19. The quantitative estimate of drug-likeness (QED) is 0.876. The summed E-state index contributed by atoms with van der Waals surface area (Å²) in [5.74, 6) is -0.701. The summed E-state index contributed by atoms with van der Waals surface area (Å²) in [6.07, 6.45) is 0. The molecule has 0 spiro atoms. The topological polar surface area (TPSA) is 52.9 Å². The fourth-order valence-corrected chi connectivity index (χ4v) is 2.26. The zero-order valence-electron chi connectivity index (χ0n) is 10.5. The number of hydrogen-bond acceptors (Lipinski definition) is 3. The van der Waals surface area contributed by atoms with Crippen LogP contribution in [0.2, 0.25) is 0 Å². The number of amides is 1. The number of nitrogens with one attached hydrogen (secondary N) is 1. The molecule has 0 aromatic heterocycles. The number of carbonyl (C=O) groups is 1. The van der Waals surface area contributed by atoms with Crippen LogP contribution >= 0.6 is 11.8 Å². The molecule has 1 N–H and O–H groups in total. The number of anilines is 1. The molecule has 0 heterocycles. The SMILES string of the molecule is N#Cc1ccc(NC(=O)CSc2ccccc2)c(F)c1. The van der Waals surface area contributed by atoms with Gasteiger partial charge in [0.25, 0.3) is 0 Å². The minimum Gasteiger partial charge on any atom is -0.323 e. The van der Waals surface area contributed by atoms with Gasteiger partial charge in [-0.2, -0.15) is 5.26 Å². The third-order valence-corrected chi connectivity index (χ3v) is 3.50. The molecule has 1 amide bonds. The standard InChI is InChI=1S/C15H11FN2OS/c16-13-8-11(9-17)6-7-14(13)18-15(19)10-20-12-4-2-1-3-5-12/h1-8H,10H2,(H,18,19). The zero-order chi connectivity index (χ0) is 14.4. The van der Waals surface area contributed by atoms with E-state index in [-0.39, 0.29) is 22.9 Å². The number of thioether (sulfide) groups is 1. The Labute approximate surface area is 120 Å². The fourth-order valence-electron chi connectivity index (χ4n) is 1.54. The van der Waals surface area contributed by atoms with Gasteiger partial charge in [-0.05, 0) is 30.3 Å². The van der Waals surface area contributed by atoms with E-state index >= 15 is 0 Å². The van der Waals surface area contributed by atoms with Gasteiger partial charge in [-0.1, -0.05) is 18.2 Å². The Bertz CT molecular complexity index is 653. The van der Waals surface area contributed by atoms with Crippen LogP contribution in [0.3, 0.4) is 0 Å². The molecule has 0 unspecified atom stereocenters. The molecule has 0 atom stereocenters. The first kappa shape index (κ1) is 14.1. The first-order chi connectivity index (χ1) is 9.69. The van der Waals surface area contributed by atoms with Crippen molar-refractivity contribution in [2.45, 2.75) is 4.90 Å². The molecule has 20 heavy (non-hydrogen) atoms. The van der Waals surface area contributed by atoms with E-state index < -0.39 is 5.82 Å². The second kappa shape index (κ2) is 6.73. The van der Waals surface area contributed by atoms with Crippen molar-refractivity contribution in [3.63, 3.8) is 0 Å². The molecule has 0 aliphatic heterocycles. The van der Waals surface area contributed by atoms with Gasteiger partial charge in [-0.3, -0.25) is 4.79 Å². The second-order valence-corrected chi connectivity index (χ2v) is 5.01. The van der Waals surface area contributed by atoms with Crippen molar-refractivity contribution in [2.24, 2.45) is 0 Å². The number of nitriles is 1. The monoisotopic (exact) mass is 286 g/mol. The van der Waals surface area contributed by atoms with E-state index in [9.17, 15) is 9.18 Å². The van der Waals surface area contributed by atoms with Crippen LogP contribution in [0.4, 0.5) is 10.1 Å². The molecule has 0 aliphatic rings. The normalized spacial score (nSPS) is 9.80. The number of nitrogens with zero attached hydrogens (tertiary/aromatic N) is 1. The number of benzene rings is 2. The highest BCUT2D eigenvalue weighted by Gasteiger charge is 2.08. The van der Waals surface area contributed by atoms with E-state index in [0.29, 0.717) is 0 Å². The lowest BCUT2D eigenvalue weighted by Crippen LogP contribution is -2.15. The molecule has 0 radical (unpaired) electrons. The van der Waals surface area contributed by atoms with E-state index in [1.54, 1.807) is 0 Å². The van der Waals surface area contributed by atoms with Crippen LogP contribution in [0.1, 0.15) is 5.56 Å². The van der Waals surface area contributed by atoms with E-state index in [0.717, 1.165) is 11.0 Å². The van der Waals surface area contributed by atoms with E-state index in [1.165, 1.54) is 23.9 Å². The molecular formula is C15H11FN2OS. The van der Waals surface area contributed by atoms with Crippen LogP contribution in [0.5, 0.6) is 0 Å². The lowest BCUT2D eigenvalue weighted by molar-refractivity contribution is -0.113. The lowest BCUT2D eigenvalue weighted by atomic mass is 10.2. The van der Waals surface area contributed by atoms with Crippen molar-refractivity contribution in [3.8, 4) is 6.07 Å². The Morgan fingerprint density at radius 2 is 2.00 bits per heavy atom. The predicted molar refractivity (Wildman–Crippen MR) is 76.9 cm³/mol. The molecule has 0 saturated carbocycles. The first-order valence-corrected chi connectivity index (χ1v) is 6.85. The zero-order valence-corrected chi connectivity index (χ0v) is 11.3. The minimum atomic E-state index is -0.609. The molecule has 5 heteroatoms. The smallest absolute Gasteiger partial charge is 0.234 e. The molecule has 2 rings (SSSR count). The van der Waals surface area contributed by atoms with Crippen molar-refractivity contribution in [1.82, 2.24) is 0 Å². The number of halogens is 1. The number of hydrogen-bond donors (Lipinski definition) is 1. The predicted octanol–water partition coefficient (Wildman–Crippen LogP) is 3.43. The lowest BCUT2D eigenvalue weighted by Gasteiger charge is -2.06. The maximum atomic E-state index is 13.6. The number of carbonyl (C=O) groups excluding carboxylic acids is 1. The highest BCUT2D eigenvalue weighted by atomic mass is 32.2. The Morgan fingerprint density at radius 3 is 2.65 bits per heavy atom. The number of rotatable bonds is 4. The van der Waals surface area contributed by atoms with Gasteiger partial charge in [0, 0.05) is 4.90 Å².